The van der Waals surface area contributed by atoms with Gasteiger partial charge in [-0.3, -0.25) is 9.59 Å². The van der Waals surface area contributed by atoms with E-state index in [1.165, 1.54) is 24.3 Å². The number of amides is 1. The van der Waals surface area contributed by atoms with E-state index in [-0.39, 0.29) is 22.5 Å². The topological polar surface area (TPSA) is 77.8 Å². The van der Waals surface area contributed by atoms with Gasteiger partial charge in [0, 0.05) is 11.8 Å². The molecule has 1 aromatic heterocycles. The summed E-state index contributed by atoms with van der Waals surface area (Å²) >= 11 is 0. The lowest BCUT2D eigenvalue weighted by Gasteiger charge is -2.14. The number of ether oxygens (including phenoxy) is 2. The van der Waals surface area contributed by atoms with Gasteiger partial charge in [0.25, 0.3) is 11.7 Å². The lowest BCUT2D eigenvalue weighted by atomic mass is 10.1. The quantitative estimate of drug-likeness (QED) is 0.210. The number of benzene rings is 4. The molecule has 0 aliphatic rings. The van der Waals surface area contributed by atoms with Gasteiger partial charge in [0.15, 0.2) is 6.61 Å². The fourth-order valence-electron chi connectivity index (χ4n) is 4.28. The molecule has 208 valence electrons. The number of fused-ring (bicyclic) bond motifs is 1. The van der Waals surface area contributed by atoms with Gasteiger partial charge in [0.2, 0.25) is 11.2 Å². The first-order chi connectivity index (χ1) is 19.7. The van der Waals surface area contributed by atoms with Crippen LogP contribution in [0.15, 0.2) is 106 Å². The van der Waals surface area contributed by atoms with Crippen LogP contribution in [-0.4, -0.2) is 12.5 Å². The van der Waals surface area contributed by atoms with Crippen LogP contribution in [-0.2, 0) is 17.4 Å². The van der Waals surface area contributed by atoms with Crippen LogP contribution in [0.5, 0.6) is 17.2 Å². The van der Waals surface area contributed by atoms with E-state index in [9.17, 15) is 22.8 Å². The lowest BCUT2D eigenvalue weighted by Crippen LogP contribution is -2.21. The summed E-state index contributed by atoms with van der Waals surface area (Å²) < 4.78 is 58.0. The fraction of sp³-hybridized carbons (Fsp3) is 0.125. The molecule has 4 aromatic carbocycles. The van der Waals surface area contributed by atoms with Gasteiger partial charge in [-0.25, -0.2) is 0 Å². The van der Waals surface area contributed by atoms with Crippen LogP contribution >= 0.6 is 0 Å². The number of rotatable bonds is 8. The summed E-state index contributed by atoms with van der Waals surface area (Å²) in [5.41, 5.74) is 1.98. The van der Waals surface area contributed by atoms with Crippen molar-refractivity contribution in [3.63, 3.8) is 0 Å². The molecule has 0 fully saturated rings. The highest BCUT2D eigenvalue weighted by Gasteiger charge is 2.40. The van der Waals surface area contributed by atoms with Crippen molar-refractivity contribution >= 4 is 22.6 Å². The minimum Gasteiger partial charge on any atom is -0.484 e. The summed E-state index contributed by atoms with van der Waals surface area (Å²) in [6.45, 7) is 1.55. The van der Waals surface area contributed by atoms with E-state index >= 15 is 0 Å². The highest BCUT2D eigenvalue weighted by molar-refractivity contribution is 5.92. The van der Waals surface area contributed by atoms with Crippen LogP contribution in [0, 0.1) is 0 Å². The third-order valence-electron chi connectivity index (χ3n) is 6.30. The van der Waals surface area contributed by atoms with Crippen LogP contribution in [0.1, 0.15) is 18.2 Å². The van der Waals surface area contributed by atoms with Gasteiger partial charge in [-0.1, -0.05) is 67.6 Å². The Hall–Kier alpha value is -5.05. The first-order valence-electron chi connectivity index (χ1n) is 12.7. The van der Waals surface area contributed by atoms with Crippen molar-refractivity contribution in [3.8, 4) is 28.4 Å². The Kier molecular flexibility index (Phi) is 7.78. The van der Waals surface area contributed by atoms with E-state index in [4.69, 9.17) is 13.9 Å². The molecule has 1 heterocycles. The molecule has 1 N–H and O–H groups in total. The second kappa shape index (κ2) is 11.6. The second-order valence-electron chi connectivity index (χ2n) is 9.09. The largest absolute Gasteiger partial charge is 0.484 e. The molecule has 0 spiro atoms. The van der Waals surface area contributed by atoms with Crippen molar-refractivity contribution in [2.45, 2.75) is 19.5 Å². The van der Waals surface area contributed by atoms with Crippen molar-refractivity contribution in [3.05, 3.63) is 119 Å². The maximum atomic E-state index is 14.0. The van der Waals surface area contributed by atoms with Gasteiger partial charge in [0.05, 0.1) is 5.39 Å². The predicted octanol–water partition coefficient (Wildman–Crippen LogP) is 7.85. The maximum Gasteiger partial charge on any atom is 0.453 e. The van der Waals surface area contributed by atoms with E-state index in [0.29, 0.717) is 12.1 Å². The van der Waals surface area contributed by atoms with Crippen LogP contribution in [0.4, 0.5) is 18.9 Å². The van der Waals surface area contributed by atoms with Crippen molar-refractivity contribution in [1.82, 2.24) is 0 Å². The highest BCUT2D eigenvalue weighted by Crippen LogP contribution is 2.39. The summed E-state index contributed by atoms with van der Waals surface area (Å²) in [6.07, 6.45) is -4.30. The molecule has 0 aliphatic heterocycles. The molecule has 6 nitrogen and oxygen atoms in total. The maximum absolute atomic E-state index is 14.0. The zero-order valence-electron chi connectivity index (χ0n) is 21.8. The van der Waals surface area contributed by atoms with Crippen molar-refractivity contribution in [2.75, 3.05) is 11.9 Å². The minimum absolute atomic E-state index is 0.0393. The standard InChI is InChI=1S/C32H24F3NO5/c1-2-20-8-6-7-11-26(20)36-28(37)19-39-24-16-17-25-27(18-24)41-31(32(33,34)35)30(29(25)38)40-23-14-12-22(13-15-23)21-9-4-3-5-10-21/h3-18H,2,19H2,1H3,(H,36,37). The number of aryl methyl sites for hydroxylation is 1. The molecule has 0 atom stereocenters. The van der Waals surface area contributed by atoms with Gasteiger partial charge < -0.3 is 19.2 Å². The molecule has 0 aliphatic carbocycles. The second-order valence-corrected chi connectivity index (χ2v) is 9.09. The molecule has 1 amide bonds. The summed E-state index contributed by atoms with van der Waals surface area (Å²) in [6, 6.07) is 26.8. The van der Waals surface area contributed by atoms with Gasteiger partial charge in [-0.05, 0) is 53.4 Å². The Balaban J connectivity index is 1.38. The molecule has 41 heavy (non-hydrogen) atoms. The smallest absolute Gasteiger partial charge is 0.453 e. The summed E-state index contributed by atoms with van der Waals surface area (Å²) in [7, 11) is 0. The van der Waals surface area contributed by atoms with Gasteiger partial charge in [-0.2, -0.15) is 13.2 Å². The molecule has 5 rings (SSSR count). The highest BCUT2D eigenvalue weighted by atomic mass is 19.4. The Morgan fingerprint density at radius 3 is 2.22 bits per heavy atom. The summed E-state index contributed by atoms with van der Waals surface area (Å²) in [5.74, 6) is -2.91. The summed E-state index contributed by atoms with van der Waals surface area (Å²) in [5, 5.41) is 2.61. The molecule has 0 saturated heterocycles. The average molecular weight is 560 g/mol. The van der Waals surface area contributed by atoms with E-state index < -0.39 is 35.6 Å². The zero-order chi connectivity index (χ0) is 29.0. The predicted molar refractivity (Wildman–Crippen MR) is 149 cm³/mol. The average Bonchev–Trinajstić information content (AvgIpc) is 2.98. The van der Waals surface area contributed by atoms with E-state index in [2.05, 4.69) is 5.32 Å². The van der Waals surface area contributed by atoms with Crippen LogP contribution in [0.3, 0.4) is 0 Å². The van der Waals surface area contributed by atoms with E-state index in [1.807, 2.05) is 49.4 Å². The molecular weight excluding hydrogens is 535 g/mol. The molecule has 5 aromatic rings. The Morgan fingerprint density at radius 1 is 0.854 bits per heavy atom. The molecule has 0 unspecified atom stereocenters. The van der Waals surface area contributed by atoms with Crippen LogP contribution in [0.25, 0.3) is 22.1 Å². The van der Waals surface area contributed by atoms with E-state index in [0.717, 1.165) is 22.8 Å². The molecule has 0 radical (unpaired) electrons. The molecule has 9 heteroatoms. The summed E-state index contributed by atoms with van der Waals surface area (Å²) in [4.78, 5) is 25.5. The fourth-order valence-corrected chi connectivity index (χ4v) is 4.28. The number of nitrogens with one attached hydrogen (secondary N) is 1. The van der Waals surface area contributed by atoms with E-state index in [1.54, 1.807) is 24.3 Å². The monoisotopic (exact) mass is 559 g/mol. The first kappa shape index (κ1) is 27.5. The Labute approximate surface area is 233 Å². The number of carbonyl (C=O) groups is 1. The number of halogens is 3. The minimum atomic E-state index is -5.02. The number of hydrogen-bond donors (Lipinski definition) is 1. The first-order valence-corrected chi connectivity index (χ1v) is 12.7. The third kappa shape index (κ3) is 6.24. The molecule has 0 bridgehead atoms. The van der Waals surface area contributed by atoms with Crippen LogP contribution in [0.2, 0.25) is 0 Å². The Morgan fingerprint density at radius 2 is 1.51 bits per heavy atom. The number of alkyl halides is 3. The van der Waals surface area contributed by atoms with Gasteiger partial charge in [0.1, 0.15) is 17.1 Å². The van der Waals surface area contributed by atoms with Crippen molar-refractivity contribution in [2.24, 2.45) is 0 Å². The number of carbonyl (C=O) groups excluding carboxylic acids is 1. The SMILES string of the molecule is CCc1ccccc1NC(=O)COc1ccc2c(=O)c(Oc3ccc(-c4ccccc4)cc3)c(C(F)(F)F)oc2c1. The molecule has 0 saturated carbocycles. The lowest BCUT2D eigenvalue weighted by molar-refractivity contribution is -0.154. The number of para-hydroxylation sites is 1. The Bertz CT molecular complexity index is 1750. The van der Waals surface area contributed by atoms with Crippen molar-refractivity contribution < 1.29 is 31.9 Å². The number of anilines is 1. The zero-order valence-corrected chi connectivity index (χ0v) is 21.8. The normalized spacial score (nSPS) is 11.3. The van der Waals surface area contributed by atoms with Gasteiger partial charge in [-0.15, -0.1) is 0 Å². The van der Waals surface area contributed by atoms with Gasteiger partial charge >= 0.3 is 6.18 Å². The van der Waals surface area contributed by atoms with Crippen molar-refractivity contribution in [1.29, 1.82) is 0 Å². The third-order valence-corrected chi connectivity index (χ3v) is 6.30. The molecular formula is C32H24F3NO5. The van der Waals surface area contributed by atoms with Crippen LogP contribution < -0.4 is 20.2 Å². The number of hydrogen-bond acceptors (Lipinski definition) is 5.